The predicted molar refractivity (Wildman–Crippen MR) is 48.1 cm³/mol. The maximum Gasteiger partial charge on any atom is 0.358 e. The predicted octanol–water partition coefficient (Wildman–Crippen LogP) is 0.276. The largest absolute Gasteiger partial charge is 0.461 e. The fourth-order valence-electron chi connectivity index (χ4n) is 0.905. The Balaban J connectivity index is 2.61. The third kappa shape index (κ3) is 2.58. The first-order chi connectivity index (χ1) is 6.77. The summed E-state index contributed by atoms with van der Waals surface area (Å²) in [7, 11) is 0. The van der Waals surface area contributed by atoms with E-state index in [1.165, 1.54) is 6.33 Å². The second kappa shape index (κ2) is 5.00. The van der Waals surface area contributed by atoms with Gasteiger partial charge in [-0.05, 0) is 6.92 Å². The summed E-state index contributed by atoms with van der Waals surface area (Å²) in [4.78, 5) is 14.9. The molecule has 0 aliphatic rings. The number of esters is 1. The molecule has 1 N–H and O–H groups in total. The standard InChI is InChI=1S/C8H11N3O3/c1-2-14-8(12)7(10-13)5-11-4-3-9-6-11/h3-4,6,13H,2,5H2,1H3/b10-7+. The van der Waals surface area contributed by atoms with Crippen LogP contribution in [0.3, 0.4) is 0 Å². The second-order valence-electron chi connectivity index (χ2n) is 2.50. The van der Waals surface area contributed by atoms with Gasteiger partial charge in [0.05, 0.1) is 19.5 Å². The summed E-state index contributed by atoms with van der Waals surface area (Å²) in [6.45, 7) is 2.08. The van der Waals surface area contributed by atoms with E-state index < -0.39 is 5.97 Å². The van der Waals surface area contributed by atoms with E-state index in [4.69, 9.17) is 5.21 Å². The molecule has 6 nitrogen and oxygen atoms in total. The van der Waals surface area contributed by atoms with Gasteiger partial charge in [-0.2, -0.15) is 0 Å². The van der Waals surface area contributed by atoms with E-state index in [0.717, 1.165) is 0 Å². The fourth-order valence-corrected chi connectivity index (χ4v) is 0.905. The van der Waals surface area contributed by atoms with Crippen LogP contribution >= 0.6 is 0 Å². The molecule has 1 rings (SSSR count). The average molecular weight is 197 g/mol. The molecule has 14 heavy (non-hydrogen) atoms. The molecule has 0 aliphatic carbocycles. The Bertz CT molecular complexity index is 319. The highest BCUT2D eigenvalue weighted by molar-refractivity contribution is 6.36. The fraction of sp³-hybridized carbons (Fsp3) is 0.375. The number of carbonyl (C=O) groups excluding carboxylic acids is 1. The van der Waals surface area contributed by atoms with Crippen LogP contribution in [-0.4, -0.2) is 33.0 Å². The lowest BCUT2D eigenvalue weighted by Gasteiger charge is -2.03. The molecule has 1 aromatic rings. The van der Waals surface area contributed by atoms with E-state index >= 15 is 0 Å². The van der Waals surface area contributed by atoms with Crippen LogP contribution in [0, 0.1) is 0 Å². The first-order valence-corrected chi connectivity index (χ1v) is 4.11. The molecule has 0 fully saturated rings. The van der Waals surface area contributed by atoms with E-state index in [1.54, 1.807) is 23.9 Å². The second-order valence-corrected chi connectivity index (χ2v) is 2.50. The van der Waals surface area contributed by atoms with Crippen molar-refractivity contribution in [3.63, 3.8) is 0 Å². The molecule has 76 valence electrons. The number of oxime groups is 1. The van der Waals surface area contributed by atoms with Gasteiger partial charge >= 0.3 is 5.97 Å². The van der Waals surface area contributed by atoms with Gasteiger partial charge in [0, 0.05) is 12.4 Å². The molecule has 0 spiro atoms. The number of carbonyl (C=O) groups is 1. The molecule has 0 unspecified atom stereocenters. The van der Waals surface area contributed by atoms with Crippen molar-refractivity contribution in [3.8, 4) is 0 Å². The summed E-state index contributed by atoms with van der Waals surface area (Å²) in [6, 6.07) is 0. The maximum absolute atomic E-state index is 11.2. The Morgan fingerprint density at radius 3 is 3.00 bits per heavy atom. The van der Waals surface area contributed by atoms with Crippen molar-refractivity contribution in [1.82, 2.24) is 9.55 Å². The summed E-state index contributed by atoms with van der Waals surface area (Å²) in [6.07, 6.45) is 4.74. The van der Waals surface area contributed by atoms with Crippen LogP contribution in [0.25, 0.3) is 0 Å². The van der Waals surface area contributed by atoms with Crippen molar-refractivity contribution in [2.24, 2.45) is 5.16 Å². The van der Waals surface area contributed by atoms with E-state index in [2.05, 4.69) is 14.9 Å². The van der Waals surface area contributed by atoms with Gasteiger partial charge < -0.3 is 14.5 Å². The first-order valence-electron chi connectivity index (χ1n) is 4.11. The highest BCUT2D eigenvalue weighted by Crippen LogP contribution is 1.92. The number of rotatable bonds is 4. The van der Waals surface area contributed by atoms with Crippen molar-refractivity contribution in [1.29, 1.82) is 0 Å². The molecule has 0 atom stereocenters. The van der Waals surface area contributed by atoms with Crippen LogP contribution in [0.4, 0.5) is 0 Å². The minimum Gasteiger partial charge on any atom is -0.461 e. The summed E-state index contributed by atoms with van der Waals surface area (Å²) < 4.78 is 6.28. The molecule has 0 bridgehead atoms. The van der Waals surface area contributed by atoms with Crippen molar-refractivity contribution in [2.45, 2.75) is 13.5 Å². The molecule has 0 amide bonds. The zero-order valence-electron chi connectivity index (χ0n) is 7.75. The molecule has 6 heteroatoms. The molecular weight excluding hydrogens is 186 g/mol. The minimum absolute atomic E-state index is 0.0511. The molecule has 0 aromatic carbocycles. The number of hydrogen-bond acceptors (Lipinski definition) is 5. The highest BCUT2D eigenvalue weighted by Gasteiger charge is 2.13. The molecule has 1 aromatic heterocycles. The van der Waals surface area contributed by atoms with Gasteiger partial charge in [0.2, 0.25) is 0 Å². The van der Waals surface area contributed by atoms with Crippen LogP contribution < -0.4 is 0 Å². The lowest BCUT2D eigenvalue weighted by Crippen LogP contribution is -2.22. The van der Waals surface area contributed by atoms with Crippen LogP contribution in [-0.2, 0) is 16.1 Å². The summed E-state index contributed by atoms with van der Waals surface area (Å²) in [5.74, 6) is -0.622. The number of nitrogens with zero attached hydrogens (tertiary/aromatic N) is 3. The van der Waals surface area contributed by atoms with E-state index in [9.17, 15) is 4.79 Å². The molecule has 0 radical (unpaired) electrons. The minimum atomic E-state index is -0.622. The Labute approximate surface area is 80.8 Å². The smallest absolute Gasteiger partial charge is 0.358 e. The molecule has 1 heterocycles. The topological polar surface area (TPSA) is 76.7 Å². The highest BCUT2D eigenvalue weighted by atomic mass is 16.5. The van der Waals surface area contributed by atoms with Gasteiger partial charge in [0.15, 0.2) is 5.71 Å². The van der Waals surface area contributed by atoms with Crippen molar-refractivity contribution in [3.05, 3.63) is 18.7 Å². The lowest BCUT2D eigenvalue weighted by molar-refractivity contribution is -0.135. The van der Waals surface area contributed by atoms with Gasteiger partial charge in [0.25, 0.3) is 0 Å². The molecule has 0 saturated heterocycles. The average Bonchev–Trinajstić information content (AvgIpc) is 2.66. The normalized spacial score (nSPS) is 11.4. The lowest BCUT2D eigenvalue weighted by atomic mass is 10.4. The SMILES string of the molecule is CCOC(=O)/C(Cn1ccnc1)=N/O. The third-order valence-electron chi connectivity index (χ3n) is 1.52. The van der Waals surface area contributed by atoms with Gasteiger partial charge in [-0.25, -0.2) is 9.78 Å². The van der Waals surface area contributed by atoms with Gasteiger partial charge in [0.1, 0.15) is 0 Å². The third-order valence-corrected chi connectivity index (χ3v) is 1.52. The Morgan fingerprint density at radius 1 is 1.71 bits per heavy atom. The van der Waals surface area contributed by atoms with Gasteiger partial charge in [-0.1, -0.05) is 5.16 Å². The molecular formula is C8H11N3O3. The van der Waals surface area contributed by atoms with Crippen molar-refractivity contribution < 1.29 is 14.7 Å². The van der Waals surface area contributed by atoms with Crippen LogP contribution in [0.15, 0.2) is 23.9 Å². The molecule has 0 aliphatic heterocycles. The summed E-state index contributed by atoms with van der Waals surface area (Å²) in [5.41, 5.74) is -0.0511. The van der Waals surface area contributed by atoms with Gasteiger partial charge in [-0.15, -0.1) is 0 Å². The number of hydrogen-bond donors (Lipinski definition) is 1. The summed E-state index contributed by atoms with van der Waals surface area (Å²) >= 11 is 0. The first kappa shape index (κ1) is 10.2. The van der Waals surface area contributed by atoms with Crippen LogP contribution in [0.2, 0.25) is 0 Å². The maximum atomic E-state index is 11.2. The Hall–Kier alpha value is -1.85. The monoisotopic (exact) mass is 197 g/mol. The number of imidazole rings is 1. The number of aromatic nitrogens is 2. The zero-order chi connectivity index (χ0) is 10.4. The van der Waals surface area contributed by atoms with Crippen LogP contribution in [0.1, 0.15) is 6.92 Å². The van der Waals surface area contributed by atoms with E-state index in [1.807, 2.05) is 0 Å². The Morgan fingerprint density at radius 2 is 2.50 bits per heavy atom. The van der Waals surface area contributed by atoms with Crippen molar-refractivity contribution in [2.75, 3.05) is 6.61 Å². The van der Waals surface area contributed by atoms with E-state index in [-0.39, 0.29) is 18.9 Å². The Kier molecular flexibility index (Phi) is 3.66. The quantitative estimate of drug-likeness (QED) is 0.325. The zero-order valence-corrected chi connectivity index (χ0v) is 7.75. The van der Waals surface area contributed by atoms with E-state index in [0.29, 0.717) is 0 Å². The number of ether oxygens (including phenoxy) is 1. The van der Waals surface area contributed by atoms with Gasteiger partial charge in [-0.3, -0.25) is 0 Å². The van der Waals surface area contributed by atoms with Crippen LogP contribution in [0.5, 0.6) is 0 Å². The van der Waals surface area contributed by atoms with Crippen molar-refractivity contribution >= 4 is 11.7 Å². The summed E-state index contributed by atoms with van der Waals surface area (Å²) in [5, 5.41) is 11.5. The molecule has 0 saturated carbocycles.